The Hall–Kier alpha value is -1.98. The second-order valence-electron chi connectivity index (χ2n) is 4.96. The van der Waals surface area contributed by atoms with Crippen molar-refractivity contribution in [2.75, 3.05) is 0 Å². The number of nitrogens with one attached hydrogen (secondary N) is 1. The van der Waals surface area contributed by atoms with Crippen LogP contribution in [-0.4, -0.2) is 23.0 Å². The monoisotopic (exact) mass is 355 g/mol. The number of halogens is 2. The van der Waals surface area contributed by atoms with E-state index in [1.807, 2.05) is 6.92 Å². The zero-order valence-electron chi connectivity index (χ0n) is 12.3. The van der Waals surface area contributed by atoms with Crippen molar-refractivity contribution in [3.8, 4) is 0 Å². The van der Waals surface area contributed by atoms with Gasteiger partial charge in [0, 0.05) is 22.9 Å². The maximum atomic E-state index is 12.2. The van der Waals surface area contributed by atoms with Crippen molar-refractivity contribution < 1.29 is 19.1 Å². The Morgan fingerprint density at radius 2 is 1.91 bits per heavy atom. The molecule has 2 rings (SSSR count). The first-order chi connectivity index (χ1) is 10.9. The standard InChI is InChI=1S/C16H15Cl2NO4/c1-2-14-12(3-4-23-14)15(20)19-13(16(21)22)7-9-5-10(17)8-11(18)6-9/h3-6,8,13H,2,7H2,1H3,(H,19,20)(H,21,22). The number of rotatable bonds is 6. The number of carbonyl (C=O) groups is 2. The largest absolute Gasteiger partial charge is 0.480 e. The van der Waals surface area contributed by atoms with Gasteiger partial charge in [-0.15, -0.1) is 0 Å². The quantitative estimate of drug-likeness (QED) is 0.829. The zero-order valence-corrected chi connectivity index (χ0v) is 13.8. The Labute approximate surface area is 143 Å². The Bertz CT molecular complexity index is 706. The van der Waals surface area contributed by atoms with Gasteiger partial charge in [0.1, 0.15) is 11.8 Å². The van der Waals surface area contributed by atoms with E-state index in [1.54, 1.807) is 18.2 Å². The third kappa shape index (κ3) is 4.50. The summed E-state index contributed by atoms with van der Waals surface area (Å²) in [6, 6.07) is 5.20. The lowest BCUT2D eigenvalue weighted by molar-refractivity contribution is -0.139. The van der Waals surface area contributed by atoms with E-state index in [4.69, 9.17) is 27.6 Å². The van der Waals surface area contributed by atoms with Crippen LogP contribution in [0.4, 0.5) is 0 Å². The predicted octanol–water partition coefficient (Wildman–Crippen LogP) is 3.57. The fraction of sp³-hybridized carbons (Fsp3) is 0.250. The van der Waals surface area contributed by atoms with Crippen LogP contribution in [0.5, 0.6) is 0 Å². The van der Waals surface area contributed by atoms with Crippen molar-refractivity contribution in [1.29, 1.82) is 0 Å². The average molecular weight is 356 g/mol. The SMILES string of the molecule is CCc1occc1C(=O)NC(Cc1cc(Cl)cc(Cl)c1)C(=O)O. The number of hydrogen-bond donors (Lipinski definition) is 2. The van der Waals surface area contributed by atoms with Gasteiger partial charge in [-0.05, 0) is 29.8 Å². The Balaban J connectivity index is 2.16. The summed E-state index contributed by atoms with van der Waals surface area (Å²) in [7, 11) is 0. The number of furan rings is 1. The van der Waals surface area contributed by atoms with Crippen LogP contribution >= 0.6 is 23.2 Å². The maximum Gasteiger partial charge on any atom is 0.326 e. The van der Waals surface area contributed by atoms with Gasteiger partial charge in [-0.1, -0.05) is 30.1 Å². The zero-order chi connectivity index (χ0) is 17.0. The van der Waals surface area contributed by atoms with Crippen LogP contribution < -0.4 is 5.32 Å². The van der Waals surface area contributed by atoms with E-state index in [2.05, 4.69) is 5.32 Å². The van der Waals surface area contributed by atoms with Gasteiger partial charge in [-0.3, -0.25) is 4.79 Å². The molecular weight excluding hydrogens is 341 g/mol. The van der Waals surface area contributed by atoms with Crippen molar-refractivity contribution in [2.45, 2.75) is 25.8 Å². The van der Waals surface area contributed by atoms with Crippen LogP contribution in [0.15, 0.2) is 34.9 Å². The molecule has 0 bridgehead atoms. The molecule has 1 unspecified atom stereocenters. The lowest BCUT2D eigenvalue weighted by Crippen LogP contribution is -2.42. The fourth-order valence-corrected chi connectivity index (χ4v) is 2.79. The first-order valence-corrected chi connectivity index (χ1v) is 7.71. The van der Waals surface area contributed by atoms with Gasteiger partial charge in [-0.25, -0.2) is 4.79 Å². The molecule has 1 atom stereocenters. The van der Waals surface area contributed by atoms with Crippen LogP contribution in [0.1, 0.15) is 28.6 Å². The molecule has 1 aromatic heterocycles. The highest BCUT2D eigenvalue weighted by molar-refractivity contribution is 6.34. The summed E-state index contributed by atoms with van der Waals surface area (Å²) >= 11 is 11.8. The molecule has 1 heterocycles. The third-order valence-corrected chi connectivity index (χ3v) is 3.71. The first-order valence-electron chi connectivity index (χ1n) is 6.95. The van der Waals surface area contributed by atoms with E-state index in [0.717, 1.165) is 0 Å². The third-order valence-electron chi connectivity index (χ3n) is 3.28. The second-order valence-corrected chi connectivity index (χ2v) is 5.83. The van der Waals surface area contributed by atoms with E-state index >= 15 is 0 Å². The molecule has 23 heavy (non-hydrogen) atoms. The molecule has 2 N–H and O–H groups in total. The molecule has 0 spiro atoms. The van der Waals surface area contributed by atoms with E-state index < -0.39 is 17.9 Å². The number of hydrogen-bond acceptors (Lipinski definition) is 3. The summed E-state index contributed by atoms with van der Waals surface area (Å²) < 4.78 is 5.18. The summed E-state index contributed by atoms with van der Waals surface area (Å²) in [5.41, 5.74) is 0.959. The molecule has 5 nitrogen and oxygen atoms in total. The maximum absolute atomic E-state index is 12.2. The molecule has 1 amide bonds. The lowest BCUT2D eigenvalue weighted by atomic mass is 10.1. The van der Waals surface area contributed by atoms with Crippen LogP contribution in [0, 0.1) is 0 Å². The molecular formula is C16H15Cl2NO4. The molecule has 0 saturated carbocycles. The average Bonchev–Trinajstić information content (AvgIpc) is 2.93. The lowest BCUT2D eigenvalue weighted by Gasteiger charge is -2.15. The normalized spacial score (nSPS) is 12.0. The second kappa shape index (κ2) is 7.53. The van der Waals surface area contributed by atoms with Gasteiger partial charge in [-0.2, -0.15) is 0 Å². The van der Waals surface area contributed by atoms with E-state index in [-0.39, 0.29) is 6.42 Å². The first kappa shape index (κ1) is 17.4. The van der Waals surface area contributed by atoms with Crippen molar-refractivity contribution in [1.82, 2.24) is 5.32 Å². The van der Waals surface area contributed by atoms with Gasteiger partial charge in [0.25, 0.3) is 5.91 Å². The molecule has 0 fully saturated rings. The molecule has 0 aliphatic rings. The van der Waals surface area contributed by atoms with Gasteiger partial charge in [0.05, 0.1) is 11.8 Å². The number of aliphatic carboxylic acids is 1. The van der Waals surface area contributed by atoms with Gasteiger partial charge >= 0.3 is 5.97 Å². The number of carboxylic acids is 1. The van der Waals surface area contributed by atoms with Crippen molar-refractivity contribution in [3.05, 3.63) is 57.5 Å². The predicted molar refractivity (Wildman–Crippen MR) is 87.1 cm³/mol. The summed E-state index contributed by atoms with van der Waals surface area (Å²) in [5, 5.41) is 12.7. The molecule has 122 valence electrons. The molecule has 2 aromatic rings. The smallest absolute Gasteiger partial charge is 0.326 e. The molecule has 0 saturated heterocycles. The van der Waals surface area contributed by atoms with Crippen molar-refractivity contribution in [3.63, 3.8) is 0 Å². The number of carbonyl (C=O) groups excluding carboxylic acids is 1. The van der Waals surface area contributed by atoms with Crippen LogP contribution in [0.25, 0.3) is 0 Å². The Kier molecular flexibility index (Phi) is 5.69. The van der Waals surface area contributed by atoms with E-state index in [0.29, 0.717) is 33.4 Å². The fourth-order valence-electron chi connectivity index (χ4n) is 2.22. The molecule has 1 aromatic carbocycles. The highest BCUT2D eigenvalue weighted by Crippen LogP contribution is 2.20. The number of aryl methyl sites for hydroxylation is 1. The number of carboxylic acid groups (broad SMARTS) is 1. The van der Waals surface area contributed by atoms with Gasteiger partial charge in [0.15, 0.2) is 0 Å². The summed E-state index contributed by atoms with van der Waals surface area (Å²) in [5.74, 6) is -1.12. The highest BCUT2D eigenvalue weighted by atomic mass is 35.5. The topological polar surface area (TPSA) is 79.5 Å². The minimum Gasteiger partial charge on any atom is -0.480 e. The number of benzene rings is 1. The van der Waals surface area contributed by atoms with Gasteiger partial charge in [0.2, 0.25) is 0 Å². The summed E-state index contributed by atoms with van der Waals surface area (Å²) in [6.07, 6.45) is 2.01. The van der Waals surface area contributed by atoms with Crippen LogP contribution in [0.3, 0.4) is 0 Å². The minimum absolute atomic E-state index is 0.0701. The Morgan fingerprint density at radius 1 is 1.26 bits per heavy atom. The summed E-state index contributed by atoms with van der Waals surface area (Å²) in [6.45, 7) is 1.85. The summed E-state index contributed by atoms with van der Waals surface area (Å²) in [4.78, 5) is 23.7. The minimum atomic E-state index is -1.14. The molecule has 7 heteroatoms. The van der Waals surface area contributed by atoms with Crippen LogP contribution in [-0.2, 0) is 17.6 Å². The van der Waals surface area contributed by atoms with E-state index in [9.17, 15) is 14.7 Å². The van der Waals surface area contributed by atoms with Crippen molar-refractivity contribution in [2.24, 2.45) is 0 Å². The van der Waals surface area contributed by atoms with Crippen molar-refractivity contribution >= 4 is 35.1 Å². The van der Waals surface area contributed by atoms with Gasteiger partial charge < -0.3 is 14.8 Å². The number of amides is 1. The van der Waals surface area contributed by atoms with E-state index in [1.165, 1.54) is 12.3 Å². The molecule has 0 aliphatic heterocycles. The molecule has 0 aliphatic carbocycles. The molecule has 0 radical (unpaired) electrons. The highest BCUT2D eigenvalue weighted by Gasteiger charge is 2.23. The Morgan fingerprint density at radius 3 is 2.48 bits per heavy atom. The van der Waals surface area contributed by atoms with Crippen LogP contribution in [0.2, 0.25) is 10.0 Å².